The third-order valence-electron chi connectivity index (χ3n) is 4.22. The highest BCUT2D eigenvalue weighted by molar-refractivity contribution is 6.32. The summed E-state index contributed by atoms with van der Waals surface area (Å²) in [5, 5.41) is 12.5. The number of methoxy groups -OCH3 is 1. The molecule has 0 saturated heterocycles. The first-order valence-corrected chi connectivity index (χ1v) is 9.30. The number of halogens is 1. The predicted octanol–water partition coefficient (Wildman–Crippen LogP) is 5.38. The van der Waals surface area contributed by atoms with Crippen molar-refractivity contribution in [3.05, 3.63) is 58.1 Å². The molecule has 0 radical (unpaired) electrons. The van der Waals surface area contributed by atoms with E-state index in [4.69, 9.17) is 21.1 Å². The van der Waals surface area contributed by atoms with Gasteiger partial charge in [-0.05, 0) is 55.7 Å². The summed E-state index contributed by atoms with van der Waals surface area (Å²) in [7, 11) is 1.51. The van der Waals surface area contributed by atoms with Crippen molar-refractivity contribution in [1.82, 2.24) is 0 Å². The molecule has 2 aromatic carbocycles. The molecule has 1 amide bonds. The molecule has 2 rings (SSSR count). The molecule has 0 fully saturated rings. The normalized spacial score (nSPS) is 12.1. The molecule has 1 unspecified atom stereocenters. The van der Waals surface area contributed by atoms with Crippen molar-refractivity contribution in [2.45, 2.75) is 33.3 Å². The average Bonchev–Trinajstić information content (AvgIpc) is 2.69. The Labute approximate surface area is 170 Å². The number of aryl methyl sites for hydroxylation is 1. The number of nitrogens with zero attached hydrogens (tertiary/aromatic N) is 1. The Hall–Kier alpha value is -2.97. The molecule has 28 heavy (non-hydrogen) atoms. The van der Waals surface area contributed by atoms with Crippen molar-refractivity contribution in [3.63, 3.8) is 0 Å². The van der Waals surface area contributed by atoms with Crippen molar-refractivity contribution in [2.24, 2.45) is 0 Å². The number of hydrogen-bond acceptors (Lipinski definition) is 4. The molecule has 5 nitrogen and oxygen atoms in total. The summed E-state index contributed by atoms with van der Waals surface area (Å²) in [6.07, 6.45) is 2.26. The molecule has 0 aliphatic rings. The molecule has 0 saturated carbocycles. The van der Waals surface area contributed by atoms with E-state index >= 15 is 0 Å². The van der Waals surface area contributed by atoms with Crippen LogP contribution in [0.5, 0.6) is 11.5 Å². The van der Waals surface area contributed by atoms with E-state index in [0.717, 1.165) is 12.0 Å². The van der Waals surface area contributed by atoms with Gasteiger partial charge in [0.1, 0.15) is 11.6 Å². The summed E-state index contributed by atoms with van der Waals surface area (Å²) in [6, 6.07) is 12.6. The zero-order valence-electron chi connectivity index (χ0n) is 16.4. The molecule has 1 N–H and O–H groups in total. The highest BCUT2D eigenvalue weighted by Gasteiger charge is 2.16. The van der Waals surface area contributed by atoms with Crippen LogP contribution in [0.25, 0.3) is 6.08 Å². The van der Waals surface area contributed by atoms with Gasteiger partial charge in [-0.15, -0.1) is 0 Å². The molecule has 1 atom stereocenters. The van der Waals surface area contributed by atoms with Crippen molar-refractivity contribution in [3.8, 4) is 17.6 Å². The van der Waals surface area contributed by atoms with E-state index in [1.165, 1.54) is 13.2 Å². The molecule has 0 heterocycles. The highest BCUT2D eigenvalue weighted by atomic mass is 35.5. The van der Waals surface area contributed by atoms with E-state index in [0.29, 0.717) is 27.8 Å². The van der Waals surface area contributed by atoms with Crippen LogP contribution in [0.4, 0.5) is 5.69 Å². The van der Waals surface area contributed by atoms with Gasteiger partial charge in [-0.1, -0.05) is 36.7 Å². The number of carbonyl (C=O) groups excluding carboxylic acids is 1. The lowest BCUT2D eigenvalue weighted by molar-refractivity contribution is -0.112. The molecule has 0 aromatic heterocycles. The third-order valence-corrected chi connectivity index (χ3v) is 4.50. The molecule has 146 valence electrons. The van der Waals surface area contributed by atoms with Crippen LogP contribution in [-0.2, 0) is 4.79 Å². The molecule has 0 aliphatic heterocycles. The topological polar surface area (TPSA) is 71.3 Å². The molecular formula is C22H23ClN2O3. The lowest BCUT2D eigenvalue weighted by Crippen LogP contribution is -2.14. The quantitative estimate of drug-likeness (QED) is 0.502. The Kier molecular flexibility index (Phi) is 7.48. The lowest BCUT2D eigenvalue weighted by Gasteiger charge is -2.17. The number of hydrogen-bond donors (Lipinski definition) is 1. The number of carbonyl (C=O) groups is 1. The number of nitrogens with one attached hydrogen (secondary N) is 1. The first kappa shape index (κ1) is 21.3. The number of rotatable bonds is 7. The molecule has 0 aliphatic carbocycles. The van der Waals surface area contributed by atoms with Crippen molar-refractivity contribution >= 4 is 29.3 Å². The van der Waals surface area contributed by atoms with Crippen LogP contribution in [0.15, 0.2) is 42.0 Å². The fourth-order valence-electron chi connectivity index (χ4n) is 2.44. The summed E-state index contributed by atoms with van der Waals surface area (Å²) in [5.41, 5.74) is 2.08. The zero-order chi connectivity index (χ0) is 20.7. The van der Waals surface area contributed by atoms with E-state index in [2.05, 4.69) is 5.32 Å². The highest BCUT2D eigenvalue weighted by Crippen LogP contribution is 2.38. The second-order valence-corrected chi connectivity index (χ2v) is 6.72. The van der Waals surface area contributed by atoms with Crippen LogP contribution in [0.1, 0.15) is 31.4 Å². The van der Waals surface area contributed by atoms with Crippen LogP contribution < -0.4 is 14.8 Å². The Bertz CT molecular complexity index is 932. The Morgan fingerprint density at radius 1 is 1.36 bits per heavy atom. The van der Waals surface area contributed by atoms with E-state index in [1.807, 2.05) is 45.0 Å². The van der Waals surface area contributed by atoms with Gasteiger partial charge in [-0.25, -0.2) is 0 Å². The Morgan fingerprint density at radius 3 is 2.68 bits per heavy atom. The van der Waals surface area contributed by atoms with Gasteiger partial charge in [0.05, 0.1) is 18.2 Å². The van der Waals surface area contributed by atoms with Gasteiger partial charge in [0, 0.05) is 5.69 Å². The first-order valence-electron chi connectivity index (χ1n) is 8.92. The van der Waals surface area contributed by atoms with Gasteiger partial charge in [0.2, 0.25) is 0 Å². The third kappa shape index (κ3) is 5.28. The van der Waals surface area contributed by atoms with E-state index in [-0.39, 0.29) is 11.7 Å². The van der Waals surface area contributed by atoms with E-state index < -0.39 is 5.91 Å². The fraction of sp³-hybridized carbons (Fsp3) is 0.273. The Balaban J connectivity index is 2.33. The van der Waals surface area contributed by atoms with Gasteiger partial charge in [0.25, 0.3) is 5.91 Å². The monoisotopic (exact) mass is 398 g/mol. The van der Waals surface area contributed by atoms with Crippen molar-refractivity contribution < 1.29 is 14.3 Å². The van der Waals surface area contributed by atoms with Gasteiger partial charge < -0.3 is 14.8 Å². The summed E-state index contributed by atoms with van der Waals surface area (Å²) < 4.78 is 11.2. The SMILES string of the molecule is CCC(C)Oc1c(Cl)cc(C=C(C#N)C(=O)Nc2ccccc2C)cc1OC. The van der Waals surface area contributed by atoms with Gasteiger partial charge >= 0.3 is 0 Å². The summed E-state index contributed by atoms with van der Waals surface area (Å²) >= 11 is 6.35. The number of benzene rings is 2. The van der Waals surface area contributed by atoms with Crippen LogP contribution in [0.3, 0.4) is 0 Å². The van der Waals surface area contributed by atoms with Crippen LogP contribution in [0, 0.1) is 18.3 Å². The number of para-hydroxylation sites is 1. The molecule has 0 bridgehead atoms. The maximum absolute atomic E-state index is 12.5. The largest absolute Gasteiger partial charge is 0.493 e. The maximum atomic E-state index is 12.5. The minimum absolute atomic E-state index is 0.0256. The van der Waals surface area contributed by atoms with E-state index in [9.17, 15) is 10.1 Å². The average molecular weight is 399 g/mol. The van der Waals surface area contributed by atoms with Gasteiger partial charge in [-0.3, -0.25) is 4.79 Å². The zero-order valence-corrected chi connectivity index (χ0v) is 17.1. The first-order chi connectivity index (χ1) is 13.4. The van der Waals surface area contributed by atoms with E-state index in [1.54, 1.807) is 18.2 Å². The predicted molar refractivity (Wildman–Crippen MR) is 112 cm³/mol. The minimum Gasteiger partial charge on any atom is -0.493 e. The van der Waals surface area contributed by atoms with Crippen molar-refractivity contribution in [1.29, 1.82) is 5.26 Å². The standard InChI is InChI=1S/C22H23ClN2O3/c1-5-15(3)28-21-18(23)11-16(12-20(21)27-4)10-17(13-24)22(26)25-19-9-7-6-8-14(19)2/h6-12,15H,5H2,1-4H3,(H,25,26). The van der Waals surface area contributed by atoms with Crippen LogP contribution >= 0.6 is 11.6 Å². The fourth-order valence-corrected chi connectivity index (χ4v) is 2.70. The summed E-state index contributed by atoms with van der Waals surface area (Å²) in [6.45, 7) is 5.83. The Morgan fingerprint density at radius 2 is 2.07 bits per heavy atom. The van der Waals surface area contributed by atoms with Crippen LogP contribution in [0.2, 0.25) is 5.02 Å². The lowest BCUT2D eigenvalue weighted by atomic mass is 10.1. The number of anilines is 1. The van der Waals surface area contributed by atoms with Gasteiger partial charge in [-0.2, -0.15) is 5.26 Å². The number of nitriles is 1. The second-order valence-electron chi connectivity index (χ2n) is 6.31. The molecule has 2 aromatic rings. The smallest absolute Gasteiger partial charge is 0.266 e. The maximum Gasteiger partial charge on any atom is 0.266 e. The summed E-state index contributed by atoms with van der Waals surface area (Å²) in [4.78, 5) is 12.5. The number of ether oxygens (including phenoxy) is 2. The molecular weight excluding hydrogens is 376 g/mol. The molecule has 0 spiro atoms. The molecule has 6 heteroatoms. The van der Waals surface area contributed by atoms with Crippen LogP contribution in [-0.4, -0.2) is 19.1 Å². The minimum atomic E-state index is -0.494. The van der Waals surface area contributed by atoms with Gasteiger partial charge in [0.15, 0.2) is 11.5 Å². The van der Waals surface area contributed by atoms with Crippen molar-refractivity contribution in [2.75, 3.05) is 12.4 Å². The number of amides is 1. The second kappa shape index (κ2) is 9.82. The summed E-state index contributed by atoms with van der Waals surface area (Å²) in [5.74, 6) is 0.390.